The summed E-state index contributed by atoms with van der Waals surface area (Å²) in [5.74, 6) is -0.0515. The van der Waals surface area contributed by atoms with Gasteiger partial charge in [0.25, 0.3) is 0 Å². The van der Waals surface area contributed by atoms with Crippen LogP contribution in [-0.2, 0) is 4.79 Å². The molecule has 0 heterocycles. The van der Waals surface area contributed by atoms with Crippen LogP contribution in [0.15, 0.2) is 0 Å². The molecule has 0 saturated carbocycles. The first-order valence-electron chi connectivity index (χ1n) is 4.50. The first-order chi connectivity index (χ1) is 5.43. The molecule has 3 heteroatoms. The molecule has 0 spiro atoms. The van der Waals surface area contributed by atoms with Crippen LogP contribution in [0.1, 0.15) is 40.5 Å². The Morgan fingerprint density at radius 1 is 1.50 bits per heavy atom. The summed E-state index contributed by atoms with van der Waals surface area (Å²) in [4.78, 5) is 11.3. The van der Waals surface area contributed by atoms with Gasteiger partial charge in [-0.2, -0.15) is 0 Å². The molecule has 0 unspecified atom stereocenters. The quantitative estimate of drug-likeness (QED) is 0.665. The first-order valence-corrected chi connectivity index (χ1v) is 4.50. The summed E-state index contributed by atoms with van der Waals surface area (Å²) >= 11 is 0. The molecule has 0 rings (SSSR count). The zero-order chi connectivity index (χ0) is 9.78. The number of nitrogens with one attached hydrogen (secondary N) is 1. The van der Waals surface area contributed by atoms with E-state index in [1.54, 1.807) is 0 Å². The SMILES string of the molecule is CC[C@@H](N)C(=O)NC(C)(C)CC. The van der Waals surface area contributed by atoms with Gasteiger partial charge in [-0.05, 0) is 26.7 Å². The summed E-state index contributed by atoms with van der Waals surface area (Å²) in [6.45, 7) is 7.93. The summed E-state index contributed by atoms with van der Waals surface area (Å²) < 4.78 is 0. The van der Waals surface area contributed by atoms with Crippen molar-refractivity contribution >= 4 is 5.91 Å². The zero-order valence-electron chi connectivity index (χ0n) is 8.48. The second-order valence-corrected chi connectivity index (χ2v) is 3.74. The molecular weight excluding hydrogens is 152 g/mol. The van der Waals surface area contributed by atoms with Gasteiger partial charge in [-0.1, -0.05) is 13.8 Å². The van der Waals surface area contributed by atoms with Crippen LogP contribution in [0.2, 0.25) is 0 Å². The smallest absolute Gasteiger partial charge is 0.237 e. The Kier molecular flexibility index (Phi) is 4.24. The highest BCUT2D eigenvalue weighted by Gasteiger charge is 2.20. The predicted molar refractivity (Wildman–Crippen MR) is 50.8 cm³/mol. The molecule has 1 atom stereocenters. The van der Waals surface area contributed by atoms with E-state index in [4.69, 9.17) is 5.73 Å². The van der Waals surface area contributed by atoms with E-state index in [0.717, 1.165) is 6.42 Å². The summed E-state index contributed by atoms with van der Waals surface area (Å²) in [5, 5.41) is 2.89. The van der Waals surface area contributed by atoms with E-state index in [2.05, 4.69) is 5.32 Å². The number of carbonyl (C=O) groups excluding carboxylic acids is 1. The highest BCUT2D eigenvalue weighted by molar-refractivity contribution is 5.82. The van der Waals surface area contributed by atoms with E-state index in [9.17, 15) is 4.79 Å². The van der Waals surface area contributed by atoms with Crippen molar-refractivity contribution in [3.63, 3.8) is 0 Å². The molecular formula is C9H20N2O. The average molecular weight is 172 g/mol. The number of nitrogens with two attached hydrogens (primary N) is 1. The van der Waals surface area contributed by atoms with E-state index >= 15 is 0 Å². The van der Waals surface area contributed by atoms with Gasteiger partial charge in [0, 0.05) is 5.54 Å². The Morgan fingerprint density at radius 3 is 2.33 bits per heavy atom. The molecule has 12 heavy (non-hydrogen) atoms. The highest BCUT2D eigenvalue weighted by Crippen LogP contribution is 2.06. The second kappa shape index (κ2) is 4.45. The van der Waals surface area contributed by atoms with E-state index in [1.165, 1.54) is 0 Å². The molecule has 0 saturated heterocycles. The van der Waals surface area contributed by atoms with E-state index in [0.29, 0.717) is 6.42 Å². The lowest BCUT2D eigenvalue weighted by Gasteiger charge is -2.26. The minimum absolute atomic E-state index is 0.0515. The van der Waals surface area contributed by atoms with Crippen LogP contribution in [0.25, 0.3) is 0 Å². The molecule has 0 aliphatic rings. The van der Waals surface area contributed by atoms with Crippen LogP contribution in [0.5, 0.6) is 0 Å². The zero-order valence-corrected chi connectivity index (χ0v) is 8.48. The summed E-state index contributed by atoms with van der Waals surface area (Å²) in [7, 11) is 0. The maximum Gasteiger partial charge on any atom is 0.237 e. The monoisotopic (exact) mass is 172 g/mol. The molecule has 0 aliphatic heterocycles. The molecule has 3 nitrogen and oxygen atoms in total. The summed E-state index contributed by atoms with van der Waals surface area (Å²) in [6.07, 6.45) is 1.60. The summed E-state index contributed by atoms with van der Waals surface area (Å²) in [6, 6.07) is -0.365. The molecule has 1 amide bonds. The van der Waals surface area contributed by atoms with Crippen molar-refractivity contribution in [2.24, 2.45) is 5.73 Å². The molecule has 0 aromatic carbocycles. The standard InChI is InChI=1S/C9H20N2O/c1-5-7(10)8(12)11-9(3,4)6-2/h7H,5-6,10H2,1-4H3,(H,11,12)/t7-/m1/s1. The number of rotatable bonds is 4. The van der Waals surface area contributed by atoms with Gasteiger partial charge in [0.15, 0.2) is 0 Å². The Hall–Kier alpha value is -0.570. The van der Waals surface area contributed by atoms with E-state index < -0.39 is 0 Å². The minimum atomic E-state index is -0.365. The Morgan fingerprint density at radius 2 is 2.00 bits per heavy atom. The lowest BCUT2D eigenvalue weighted by atomic mass is 10.0. The fraction of sp³-hybridized carbons (Fsp3) is 0.889. The highest BCUT2D eigenvalue weighted by atomic mass is 16.2. The van der Waals surface area contributed by atoms with Gasteiger partial charge in [-0.15, -0.1) is 0 Å². The van der Waals surface area contributed by atoms with Gasteiger partial charge < -0.3 is 11.1 Å². The molecule has 0 aromatic rings. The normalized spacial score (nSPS) is 14.1. The lowest BCUT2D eigenvalue weighted by Crippen LogP contribution is -2.49. The van der Waals surface area contributed by atoms with Crippen LogP contribution in [-0.4, -0.2) is 17.5 Å². The van der Waals surface area contributed by atoms with Crippen LogP contribution in [0.4, 0.5) is 0 Å². The Labute approximate surface area is 74.7 Å². The van der Waals surface area contributed by atoms with Gasteiger partial charge in [0.05, 0.1) is 6.04 Å². The van der Waals surface area contributed by atoms with Crippen LogP contribution < -0.4 is 11.1 Å². The largest absolute Gasteiger partial charge is 0.350 e. The Balaban J connectivity index is 4.00. The van der Waals surface area contributed by atoms with Crippen molar-refractivity contribution in [1.82, 2.24) is 5.32 Å². The van der Waals surface area contributed by atoms with E-state index in [-0.39, 0.29) is 17.5 Å². The number of carbonyl (C=O) groups is 1. The fourth-order valence-corrected chi connectivity index (χ4v) is 0.700. The van der Waals surface area contributed by atoms with Crippen LogP contribution >= 0.6 is 0 Å². The van der Waals surface area contributed by atoms with Gasteiger partial charge in [-0.3, -0.25) is 4.79 Å². The third kappa shape index (κ3) is 3.72. The van der Waals surface area contributed by atoms with Crippen molar-refractivity contribution in [3.05, 3.63) is 0 Å². The maximum absolute atomic E-state index is 11.3. The number of amides is 1. The molecule has 0 aromatic heterocycles. The van der Waals surface area contributed by atoms with Crippen molar-refractivity contribution in [1.29, 1.82) is 0 Å². The van der Waals surface area contributed by atoms with Gasteiger partial charge in [-0.25, -0.2) is 0 Å². The third-order valence-electron chi connectivity index (χ3n) is 2.12. The number of hydrogen-bond acceptors (Lipinski definition) is 2. The molecule has 3 N–H and O–H groups in total. The topological polar surface area (TPSA) is 55.1 Å². The summed E-state index contributed by atoms with van der Waals surface area (Å²) in [5.41, 5.74) is 5.43. The maximum atomic E-state index is 11.3. The second-order valence-electron chi connectivity index (χ2n) is 3.74. The van der Waals surface area contributed by atoms with Crippen LogP contribution in [0.3, 0.4) is 0 Å². The number of hydrogen-bond donors (Lipinski definition) is 2. The molecule has 0 aliphatic carbocycles. The Bertz CT molecular complexity index is 155. The third-order valence-corrected chi connectivity index (χ3v) is 2.12. The van der Waals surface area contributed by atoms with Crippen LogP contribution in [0, 0.1) is 0 Å². The van der Waals surface area contributed by atoms with Crippen molar-refractivity contribution in [3.8, 4) is 0 Å². The molecule has 0 radical (unpaired) electrons. The van der Waals surface area contributed by atoms with E-state index in [1.807, 2.05) is 27.7 Å². The lowest BCUT2D eigenvalue weighted by molar-refractivity contribution is -0.124. The van der Waals surface area contributed by atoms with Gasteiger partial charge in [0.2, 0.25) is 5.91 Å². The van der Waals surface area contributed by atoms with Crippen molar-refractivity contribution in [2.75, 3.05) is 0 Å². The first kappa shape index (κ1) is 11.4. The molecule has 0 bridgehead atoms. The fourth-order valence-electron chi connectivity index (χ4n) is 0.700. The van der Waals surface area contributed by atoms with Crippen molar-refractivity contribution < 1.29 is 4.79 Å². The van der Waals surface area contributed by atoms with Gasteiger partial charge in [0.1, 0.15) is 0 Å². The van der Waals surface area contributed by atoms with Crippen molar-refractivity contribution in [2.45, 2.75) is 52.1 Å². The van der Waals surface area contributed by atoms with Gasteiger partial charge >= 0.3 is 0 Å². The molecule has 72 valence electrons. The molecule has 0 fully saturated rings. The minimum Gasteiger partial charge on any atom is -0.350 e. The predicted octanol–water partition coefficient (Wildman–Crippen LogP) is 1.03. The average Bonchev–Trinajstić information content (AvgIpc) is 2.02.